The van der Waals surface area contributed by atoms with Gasteiger partial charge in [-0.2, -0.15) is 0 Å². The van der Waals surface area contributed by atoms with Crippen LogP contribution in [-0.2, 0) is 4.79 Å². The molecule has 1 atom stereocenters. The number of carbonyl (C=O) groups is 1. The highest BCUT2D eigenvalue weighted by Crippen LogP contribution is 2.19. The Balaban J connectivity index is 0.00000180. The number of hydrogen-bond donors (Lipinski definition) is 2. The number of carbonyl (C=O) groups excluding carboxylic acids is 1. The zero-order chi connectivity index (χ0) is 13.1. The van der Waals surface area contributed by atoms with Gasteiger partial charge in [0.25, 0.3) is 0 Å². The second kappa shape index (κ2) is 7.05. The largest absolute Gasteiger partial charge is 0.326 e. The van der Waals surface area contributed by atoms with E-state index in [0.29, 0.717) is 12.2 Å². The Kier molecular flexibility index (Phi) is 6.00. The molecule has 19 heavy (non-hydrogen) atoms. The number of nitrogens with one attached hydrogen (secondary N) is 1. The molecule has 0 aromatic heterocycles. The number of rotatable bonds is 3. The third-order valence-corrected chi connectivity index (χ3v) is 3.17. The number of likely N-dealkylation sites (tertiary alicyclic amines) is 1. The Hall–Kier alpha value is -0.880. The summed E-state index contributed by atoms with van der Waals surface area (Å²) in [7, 11) is 0. The Morgan fingerprint density at radius 1 is 1.58 bits per heavy atom. The molecule has 4 nitrogen and oxygen atoms in total. The molecule has 2 rings (SSSR count). The SMILES string of the molecule is Cl.N[C@H]1CCN(CC(=O)Nc2ccc(F)c(Cl)c2)C1. The average molecular weight is 308 g/mol. The summed E-state index contributed by atoms with van der Waals surface area (Å²) in [5.74, 6) is -0.646. The molecule has 1 fully saturated rings. The van der Waals surface area contributed by atoms with Gasteiger partial charge in [-0.05, 0) is 24.6 Å². The lowest BCUT2D eigenvalue weighted by molar-refractivity contribution is -0.117. The lowest BCUT2D eigenvalue weighted by Crippen LogP contribution is -2.33. The molecule has 1 heterocycles. The zero-order valence-electron chi connectivity index (χ0n) is 10.2. The molecule has 0 unspecified atom stereocenters. The zero-order valence-corrected chi connectivity index (χ0v) is 11.8. The van der Waals surface area contributed by atoms with Crippen LogP contribution >= 0.6 is 24.0 Å². The van der Waals surface area contributed by atoms with Crippen LogP contribution in [0.4, 0.5) is 10.1 Å². The monoisotopic (exact) mass is 307 g/mol. The van der Waals surface area contributed by atoms with Crippen LogP contribution in [0.1, 0.15) is 6.42 Å². The van der Waals surface area contributed by atoms with Crippen molar-refractivity contribution in [1.29, 1.82) is 0 Å². The maximum Gasteiger partial charge on any atom is 0.238 e. The molecule has 0 radical (unpaired) electrons. The Morgan fingerprint density at radius 3 is 2.89 bits per heavy atom. The van der Waals surface area contributed by atoms with Gasteiger partial charge in [-0.15, -0.1) is 12.4 Å². The van der Waals surface area contributed by atoms with Gasteiger partial charge in [0.1, 0.15) is 5.82 Å². The maximum absolute atomic E-state index is 12.9. The van der Waals surface area contributed by atoms with Crippen LogP contribution in [0.15, 0.2) is 18.2 Å². The van der Waals surface area contributed by atoms with Gasteiger partial charge in [0.2, 0.25) is 5.91 Å². The quantitative estimate of drug-likeness (QED) is 0.896. The van der Waals surface area contributed by atoms with Gasteiger partial charge in [0, 0.05) is 24.8 Å². The molecule has 0 spiro atoms. The van der Waals surface area contributed by atoms with Crippen LogP contribution in [0.3, 0.4) is 0 Å². The lowest BCUT2D eigenvalue weighted by atomic mass is 10.3. The molecule has 1 aliphatic rings. The van der Waals surface area contributed by atoms with Crippen molar-refractivity contribution in [2.24, 2.45) is 5.73 Å². The van der Waals surface area contributed by atoms with Crippen molar-refractivity contribution in [3.8, 4) is 0 Å². The van der Waals surface area contributed by atoms with Crippen LogP contribution < -0.4 is 11.1 Å². The molecule has 1 amide bonds. The predicted molar refractivity (Wildman–Crippen MR) is 76.3 cm³/mol. The summed E-state index contributed by atoms with van der Waals surface area (Å²) < 4.78 is 12.9. The van der Waals surface area contributed by atoms with E-state index < -0.39 is 5.82 Å². The van der Waals surface area contributed by atoms with E-state index >= 15 is 0 Å². The number of nitrogens with two attached hydrogens (primary N) is 1. The predicted octanol–water partition coefficient (Wildman–Crippen LogP) is 1.87. The van der Waals surface area contributed by atoms with Crippen molar-refractivity contribution < 1.29 is 9.18 Å². The van der Waals surface area contributed by atoms with Gasteiger partial charge in [0.15, 0.2) is 0 Å². The third-order valence-electron chi connectivity index (χ3n) is 2.88. The molecule has 1 aliphatic heterocycles. The summed E-state index contributed by atoms with van der Waals surface area (Å²) in [6.07, 6.45) is 0.912. The van der Waals surface area contributed by atoms with Crippen LogP contribution in [-0.4, -0.2) is 36.5 Å². The Labute approximate surface area is 122 Å². The van der Waals surface area contributed by atoms with Gasteiger partial charge in [-0.25, -0.2) is 4.39 Å². The highest BCUT2D eigenvalue weighted by molar-refractivity contribution is 6.31. The minimum absolute atomic E-state index is 0. The van der Waals surface area contributed by atoms with Crippen LogP contribution in [0.25, 0.3) is 0 Å². The van der Waals surface area contributed by atoms with Crippen LogP contribution in [0.5, 0.6) is 0 Å². The molecular formula is C12H16Cl2FN3O. The minimum atomic E-state index is -0.500. The van der Waals surface area contributed by atoms with Gasteiger partial charge >= 0.3 is 0 Å². The van der Waals surface area contributed by atoms with E-state index in [1.165, 1.54) is 18.2 Å². The normalized spacial score (nSPS) is 19.0. The van der Waals surface area contributed by atoms with E-state index in [9.17, 15) is 9.18 Å². The first-order valence-corrected chi connectivity index (χ1v) is 6.15. The summed E-state index contributed by atoms with van der Waals surface area (Å²) in [4.78, 5) is 13.7. The summed E-state index contributed by atoms with van der Waals surface area (Å²) in [6.45, 7) is 1.86. The first kappa shape index (κ1) is 16.2. The number of anilines is 1. The smallest absolute Gasteiger partial charge is 0.238 e. The number of amides is 1. The van der Waals surface area contributed by atoms with Gasteiger partial charge in [-0.3, -0.25) is 9.69 Å². The standard InChI is InChI=1S/C12H15ClFN3O.ClH/c13-10-5-9(1-2-11(10)14)16-12(18)7-17-4-3-8(15)6-17;/h1-2,5,8H,3-4,6-7,15H2,(H,16,18);1H/t8-;/m0./s1. The van der Waals surface area contributed by atoms with Crippen molar-refractivity contribution in [2.45, 2.75) is 12.5 Å². The highest BCUT2D eigenvalue weighted by Gasteiger charge is 2.20. The summed E-state index contributed by atoms with van der Waals surface area (Å²) in [5.41, 5.74) is 6.25. The molecule has 1 aromatic carbocycles. The number of benzene rings is 1. The van der Waals surface area contributed by atoms with E-state index in [1.54, 1.807) is 0 Å². The van der Waals surface area contributed by atoms with E-state index in [2.05, 4.69) is 5.32 Å². The molecule has 0 bridgehead atoms. The second-order valence-electron chi connectivity index (χ2n) is 4.46. The first-order valence-electron chi connectivity index (χ1n) is 5.77. The lowest BCUT2D eigenvalue weighted by Gasteiger charge is -2.14. The van der Waals surface area contributed by atoms with Crippen molar-refractivity contribution in [3.63, 3.8) is 0 Å². The van der Waals surface area contributed by atoms with Crippen molar-refractivity contribution in [3.05, 3.63) is 29.0 Å². The molecular weight excluding hydrogens is 292 g/mol. The fraction of sp³-hybridized carbons (Fsp3) is 0.417. The average Bonchev–Trinajstić information content (AvgIpc) is 2.69. The fourth-order valence-electron chi connectivity index (χ4n) is 1.98. The number of halogens is 3. The fourth-order valence-corrected chi connectivity index (χ4v) is 2.16. The number of nitrogens with zero attached hydrogens (tertiary/aromatic N) is 1. The van der Waals surface area contributed by atoms with E-state index in [4.69, 9.17) is 17.3 Å². The summed E-state index contributed by atoms with van der Waals surface area (Å²) in [6, 6.07) is 4.25. The highest BCUT2D eigenvalue weighted by atomic mass is 35.5. The Bertz CT molecular complexity index is 459. The van der Waals surface area contributed by atoms with E-state index in [-0.39, 0.29) is 29.4 Å². The summed E-state index contributed by atoms with van der Waals surface area (Å²) >= 11 is 5.63. The molecule has 1 aromatic rings. The molecule has 0 aliphatic carbocycles. The van der Waals surface area contributed by atoms with Crippen molar-refractivity contribution >= 4 is 35.6 Å². The Morgan fingerprint density at radius 2 is 2.32 bits per heavy atom. The molecule has 3 N–H and O–H groups in total. The van der Waals surface area contributed by atoms with Crippen LogP contribution in [0.2, 0.25) is 5.02 Å². The van der Waals surface area contributed by atoms with E-state index in [1.807, 2.05) is 4.90 Å². The molecule has 1 saturated heterocycles. The number of hydrogen-bond acceptors (Lipinski definition) is 3. The molecule has 106 valence electrons. The van der Waals surface area contributed by atoms with Crippen molar-refractivity contribution in [1.82, 2.24) is 4.90 Å². The van der Waals surface area contributed by atoms with Gasteiger partial charge in [-0.1, -0.05) is 11.6 Å². The van der Waals surface area contributed by atoms with E-state index in [0.717, 1.165) is 19.5 Å². The third kappa shape index (κ3) is 4.62. The van der Waals surface area contributed by atoms with Crippen molar-refractivity contribution in [2.75, 3.05) is 25.0 Å². The summed E-state index contributed by atoms with van der Waals surface area (Å²) in [5, 5.41) is 2.68. The maximum atomic E-state index is 12.9. The van der Waals surface area contributed by atoms with Crippen LogP contribution in [0, 0.1) is 5.82 Å². The first-order chi connectivity index (χ1) is 8.54. The van der Waals surface area contributed by atoms with Gasteiger partial charge < -0.3 is 11.1 Å². The van der Waals surface area contributed by atoms with Gasteiger partial charge in [0.05, 0.1) is 11.6 Å². The minimum Gasteiger partial charge on any atom is -0.326 e. The molecule has 7 heteroatoms. The topological polar surface area (TPSA) is 58.4 Å². The second-order valence-corrected chi connectivity index (χ2v) is 4.87. The molecule has 0 saturated carbocycles.